The minimum Gasteiger partial charge on any atom is -0.383 e. The lowest BCUT2D eigenvalue weighted by molar-refractivity contribution is 0.0620. The van der Waals surface area contributed by atoms with E-state index in [1.54, 1.807) is 23.8 Å². The molecule has 1 aromatic carbocycles. The molecule has 0 aliphatic heterocycles. The molecule has 0 unspecified atom stereocenters. The first kappa shape index (κ1) is 19.4. The number of fused-ring (bicyclic) bond motifs is 1. The number of hydrogen-bond donors (Lipinski definition) is 0. The second kappa shape index (κ2) is 8.58. The molecule has 0 N–H and O–H groups in total. The Bertz CT molecular complexity index is 815. The van der Waals surface area contributed by atoms with Crippen LogP contribution >= 0.6 is 0 Å². The molecule has 0 saturated carbocycles. The number of methoxy groups -OCH3 is 2. The van der Waals surface area contributed by atoms with E-state index >= 15 is 0 Å². The quantitative estimate of drug-likeness (QED) is 0.707. The van der Waals surface area contributed by atoms with Crippen LogP contribution in [0.3, 0.4) is 0 Å². The normalized spacial score (nSPS) is 13.0. The Labute approximate surface area is 156 Å². The Hall–Kier alpha value is -2.32. The number of carbonyl (C=O) groups is 1. The van der Waals surface area contributed by atoms with Gasteiger partial charge in [0.15, 0.2) is 17.3 Å². The third-order valence-electron chi connectivity index (χ3n) is 4.70. The molecule has 0 saturated heterocycles. The predicted molar refractivity (Wildman–Crippen MR) is 95.2 cm³/mol. The maximum absolute atomic E-state index is 13.7. The van der Waals surface area contributed by atoms with Crippen LogP contribution in [0.4, 0.5) is 8.78 Å². The summed E-state index contributed by atoms with van der Waals surface area (Å²) < 4.78 is 38.7. The summed E-state index contributed by atoms with van der Waals surface area (Å²) in [5.74, 6) is -2.06. The van der Waals surface area contributed by atoms with Crippen LogP contribution < -0.4 is 0 Å². The van der Waals surface area contributed by atoms with Crippen molar-refractivity contribution in [3.63, 3.8) is 0 Å². The number of amides is 1. The Balaban J connectivity index is 1.95. The molecule has 0 atom stereocenters. The molecule has 3 rings (SSSR count). The third-order valence-corrected chi connectivity index (χ3v) is 4.70. The third kappa shape index (κ3) is 4.01. The molecule has 1 aliphatic rings. The van der Waals surface area contributed by atoms with Crippen molar-refractivity contribution in [2.45, 2.75) is 19.3 Å². The molecule has 0 radical (unpaired) electrons. The lowest BCUT2D eigenvalue weighted by atomic mass is 10.2. The van der Waals surface area contributed by atoms with Crippen molar-refractivity contribution in [1.29, 1.82) is 0 Å². The van der Waals surface area contributed by atoms with Gasteiger partial charge in [0.1, 0.15) is 0 Å². The highest BCUT2D eigenvalue weighted by Gasteiger charge is 2.29. The summed E-state index contributed by atoms with van der Waals surface area (Å²) >= 11 is 0. The average Bonchev–Trinajstić information content (AvgIpc) is 3.26. The Morgan fingerprint density at radius 3 is 2.48 bits per heavy atom. The van der Waals surface area contributed by atoms with Gasteiger partial charge in [-0.1, -0.05) is 0 Å². The van der Waals surface area contributed by atoms with E-state index in [0.29, 0.717) is 37.7 Å². The van der Waals surface area contributed by atoms with E-state index < -0.39 is 11.6 Å². The molecule has 1 aromatic heterocycles. The van der Waals surface area contributed by atoms with Gasteiger partial charge in [-0.2, -0.15) is 5.10 Å². The highest BCUT2D eigenvalue weighted by atomic mass is 19.2. The summed E-state index contributed by atoms with van der Waals surface area (Å²) in [4.78, 5) is 14.7. The van der Waals surface area contributed by atoms with E-state index in [0.717, 1.165) is 42.7 Å². The summed E-state index contributed by atoms with van der Waals surface area (Å²) in [5.41, 5.74) is 2.53. The van der Waals surface area contributed by atoms with Gasteiger partial charge in [0.25, 0.3) is 5.91 Å². The standard InChI is InChI=1S/C19H23F2N3O3/c1-26-10-8-23(9-11-27-2)19(25)18-14-4-3-5-17(14)24(22-18)13-6-7-15(20)16(21)12-13/h6-7,12H,3-5,8-11H2,1-2H3. The number of aromatic nitrogens is 2. The van der Waals surface area contributed by atoms with E-state index in [4.69, 9.17) is 9.47 Å². The molecular weight excluding hydrogens is 356 g/mol. The fourth-order valence-electron chi connectivity index (χ4n) is 3.31. The van der Waals surface area contributed by atoms with Crippen molar-refractivity contribution in [1.82, 2.24) is 14.7 Å². The van der Waals surface area contributed by atoms with Crippen molar-refractivity contribution < 1.29 is 23.0 Å². The molecule has 8 heteroatoms. The molecule has 0 spiro atoms. The van der Waals surface area contributed by atoms with E-state index in [9.17, 15) is 13.6 Å². The highest BCUT2D eigenvalue weighted by Crippen LogP contribution is 2.29. The van der Waals surface area contributed by atoms with Gasteiger partial charge in [0, 0.05) is 44.6 Å². The monoisotopic (exact) mass is 379 g/mol. The maximum Gasteiger partial charge on any atom is 0.274 e. The molecule has 6 nitrogen and oxygen atoms in total. The van der Waals surface area contributed by atoms with Crippen LogP contribution in [0.5, 0.6) is 0 Å². The lowest BCUT2D eigenvalue weighted by Gasteiger charge is -2.21. The SMILES string of the molecule is COCCN(CCOC)C(=O)c1nn(-c2ccc(F)c(F)c2)c2c1CCC2. The molecular formula is C19H23F2N3O3. The van der Waals surface area contributed by atoms with E-state index in [2.05, 4.69) is 5.10 Å². The molecule has 1 amide bonds. The van der Waals surface area contributed by atoms with Gasteiger partial charge in [-0.3, -0.25) is 4.79 Å². The second-order valence-corrected chi connectivity index (χ2v) is 6.42. The number of hydrogen-bond acceptors (Lipinski definition) is 4. The first-order valence-electron chi connectivity index (χ1n) is 8.90. The molecule has 0 fully saturated rings. The fourth-order valence-corrected chi connectivity index (χ4v) is 3.31. The van der Waals surface area contributed by atoms with Gasteiger partial charge in [-0.25, -0.2) is 13.5 Å². The van der Waals surface area contributed by atoms with Gasteiger partial charge >= 0.3 is 0 Å². The summed E-state index contributed by atoms with van der Waals surface area (Å²) in [6, 6.07) is 3.63. The lowest BCUT2D eigenvalue weighted by Crippen LogP contribution is -2.37. The van der Waals surface area contributed by atoms with Crippen molar-refractivity contribution in [3.05, 3.63) is 46.8 Å². The minimum atomic E-state index is -0.940. The van der Waals surface area contributed by atoms with Crippen molar-refractivity contribution in [2.24, 2.45) is 0 Å². The number of halogens is 2. The van der Waals surface area contributed by atoms with Crippen molar-refractivity contribution in [3.8, 4) is 5.69 Å². The van der Waals surface area contributed by atoms with Crippen LogP contribution in [0.25, 0.3) is 5.69 Å². The molecule has 0 bridgehead atoms. The summed E-state index contributed by atoms with van der Waals surface area (Å²) in [6.45, 7) is 1.65. The number of rotatable bonds is 8. The smallest absolute Gasteiger partial charge is 0.274 e. The minimum absolute atomic E-state index is 0.205. The first-order chi connectivity index (χ1) is 13.1. The molecule has 1 heterocycles. The molecule has 146 valence electrons. The van der Waals surface area contributed by atoms with Gasteiger partial charge in [0.2, 0.25) is 0 Å². The van der Waals surface area contributed by atoms with Gasteiger partial charge in [-0.15, -0.1) is 0 Å². The van der Waals surface area contributed by atoms with Crippen molar-refractivity contribution in [2.75, 3.05) is 40.5 Å². The second-order valence-electron chi connectivity index (χ2n) is 6.42. The zero-order valence-electron chi connectivity index (χ0n) is 15.5. The van der Waals surface area contributed by atoms with Crippen molar-refractivity contribution >= 4 is 5.91 Å². The van der Waals surface area contributed by atoms with Crippen LogP contribution in [0.1, 0.15) is 28.2 Å². The van der Waals surface area contributed by atoms with Crippen LogP contribution in [0, 0.1) is 11.6 Å². The Morgan fingerprint density at radius 2 is 1.85 bits per heavy atom. The van der Waals surface area contributed by atoms with E-state index in [1.165, 1.54) is 6.07 Å². The van der Waals surface area contributed by atoms with Gasteiger partial charge in [-0.05, 0) is 31.4 Å². The van der Waals surface area contributed by atoms with Gasteiger partial charge in [0.05, 0.1) is 18.9 Å². The highest BCUT2D eigenvalue weighted by molar-refractivity contribution is 5.94. The Morgan fingerprint density at radius 1 is 1.15 bits per heavy atom. The van der Waals surface area contributed by atoms with E-state index in [-0.39, 0.29) is 5.91 Å². The topological polar surface area (TPSA) is 56.6 Å². The fraction of sp³-hybridized carbons (Fsp3) is 0.474. The molecule has 2 aromatic rings. The zero-order chi connectivity index (χ0) is 19.4. The number of ether oxygens (including phenoxy) is 2. The number of nitrogens with zero attached hydrogens (tertiary/aromatic N) is 3. The average molecular weight is 379 g/mol. The molecule has 1 aliphatic carbocycles. The Kier molecular flexibility index (Phi) is 6.18. The van der Waals surface area contributed by atoms with Crippen LogP contribution in [0.15, 0.2) is 18.2 Å². The molecule has 27 heavy (non-hydrogen) atoms. The zero-order valence-corrected chi connectivity index (χ0v) is 15.5. The summed E-state index contributed by atoms with van der Waals surface area (Å²) in [7, 11) is 3.16. The maximum atomic E-state index is 13.7. The van der Waals surface area contributed by atoms with Gasteiger partial charge < -0.3 is 14.4 Å². The summed E-state index contributed by atoms with van der Waals surface area (Å²) in [5, 5.41) is 4.46. The number of benzene rings is 1. The largest absolute Gasteiger partial charge is 0.383 e. The predicted octanol–water partition coefficient (Wildman–Crippen LogP) is 2.37. The van der Waals surface area contributed by atoms with Crippen LogP contribution in [-0.4, -0.2) is 61.1 Å². The summed E-state index contributed by atoms with van der Waals surface area (Å²) in [6.07, 6.45) is 2.38. The van der Waals surface area contributed by atoms with Crippen LogP contribution in [-0.2, 0) is 22.3 Å². The van der Waals surface area contributed by atoms with E-state index in [1.807, 2.05) is 0 Å². The van der Waals surface area contributed by atoms with Crippen LogP contribution in [0.2, 0.25) is 0 Å². The first-order valence-corrected chi connectivity index (χ1v) is 8.90. The number of carbonyl (C=O) groups excluding carboxylic acids is 1.